The molecule has 86 valence electrons. The van der Waals surface area contributed by atoms with Crippen LogP contribution in [0.4, 0.5) is 5.95 Å². The van der Waals surface area contributed by atoms with Gasteiger partial charge in [0.1, 0.15) is 0 Å². The minimum atomic E-state index is 0.509. The lowest BCUT2D eigenvalue weighted by Gasteiger charge is -2.03. The van der Waals surface area contributed by atoms with Crippen molar-refractivity contribution in [3.05, 3.63) is 36.5 Å². The standard InChI is InChI=1S/C11H11N5O/c12-11-14-8-3-1-2-4-9(8)16(11)6-5-10-13-7-17-15-10/h1-4,7H,5-6H2,(H2,12,14). The molecule has 0 aliphatic heterocycles. The van der Waals surface area contributed by atoms with Gasteiger partial charge in [0, 0.05) is 13.0 Å². The van der Waals surface area contributed by atoms with Crippen molar-refractivity contribution >= 4 is 17.0 Å². The van der Waals surface area contributed by atoms with E-state index >= 15 is 0 Å². The Morgan fingerprint density at radius 3 is 3.00 bits per heavy atom. The number of nitrogens with two attached hydrogens (primary N) is 1. The van der Waals surface area contributed by atoms with Crippen LogP contribution in [0.3, 0.4) is 0 Å². The fourth-order valence-corrected chi connectivity index (χ4v) is 1.84. The summed E-state index contributed by atoms with van der Waals surface area (Å²) >= 11 is 0. The van der Waals surface area contributed by atoms with Gasteiger partial charge < -0.3 is 14.8 Å². The monoisotopic (exact) mass is 229 g/mol. The van der Waals surface area contributed by atoms with Gasteiger partial charge in [0.15, 0.2) is 5.82 Å². The summed E-state index contributed by atoms with van der Waals surface area (Å²) in [5, 5.41) is 3.76. The Balaban J connectivity index is 1.92. The third-order valence-electron chi connectivity index (χ3n) is 2.65. The maximum Gasteiger partial charge on any atom is 0.213 e. The lowest BCUT2D eigenvalue weighted by molar-refractivity contribution is 0.408. The van der Waals surface area contributed by atoms with Gasteiger partial charge in [-0.2, -0.15) is 4.98 Å². The van der Waals surface area contributed by atoms with Crippen LogP contribution in [0.5, 0.6) is 0 Å². The van der Waals surface area contributed by atoms with Gasteiger partial charge in [-0.05, 0) is 12.1 Å². The van der Waals surface area contributed by atoms with Gasteiger partial charge in [-0.25, -0.2) is 4.98 Å². The molecule has 0 radical (unpaired) electrons. The summed E-state index contributed by atoms with van der Waals surface area (Å²) in [6.07, 6.45) is 1.99. The van der Waals surface area contributed by atoms with Crippen LogP contribution in [0, 0.1) is 0 Å². The molecule has 3 aromatic rings. The number of aromatic nitrogens is 4. The highest BCUT2D eigenvalue weighted by molar-refractivity contribution is 5.78. The molecule has 0 bridgehead atoms. The Morgan fingerprint density at radius 1 is 1.29 bits per heavy atom. The smallest absolute Gasteiger partial charge is 0.213 e. The molecule has 0 spiro atoms. The highest BCUT2D eigenvalue weighted by Crippen LogP contribution is 2.17. The highest BCUT2D eigenvalue weighted by atomic mass is 16.5. The normalized spacial score (nSPS) is 11.1. The molecule has 0 saturated carbocycles. The minimum Gasteiger partial charge on any atom is -0.369 e. The molecule has 2 heterocycles. The van der Waals surface area contributed by atoms with Gasteiger partial charge >= 0.3 is 0 Å². The van der Waals surface area contributed by atoms with Crippen molar-refractivity contribution in [2.75, 3.05) is 5.73 Å². The molecule has 3 rings (SSSR count). The van der Waals surface area contributed by atoms with E-state index in [1.807, 2.05) is 28.8 Å². The predicted molar refractivity (Wildman–Crippen MR) is 62.1 cm³/mol. The van der Waals surface area contributed by atoms with E-state index in [1.54, 1.807) is 0 Å². The van der Waals surface area contributed by atoms with E-state index in [0.717, 1.165) is 11.0 Å². The van der Waals surface area contributed by atoms with Gasteiger partial charge in [0.05, 0.1) is 11.0 Å². The van der Waals surface area contributed by atoms with E-state index < -0.39 is 0 Å². The van der Waals surface area contributed by atoms with Gasteiger partial charge in [0.25, 0.3) is 0 Å². The number of aryl methyl sites for hydroxylation is 2. The third-order valence-corrected chi connectivity index (χ3v) is 2.65. The quantitative estimate of drug-likeness (QED) is 0.730. The Labute approximate surface area is 97.1 Å². The van der Waals surface area contributed by atoms with E-state index in [9.17, 15) is 0 Å². The number of benzene rings is 1. The minimum absolute atomic E-state index is 0.509. The predicted octanol–water partition coefficient (Wildman–Crippen LogP) is 1.24. The van der Waals surface area contributed by atoms with E-state index in [0.29, 0.717) is 24.7 Å². The molecular weight excluding hydrogens is 218 g/mol. The number of anilines is 1. The number of nitrogens with zero attached hydrogens (tertiary/aromatic N) is 4. The number of fused-ring (bicyclic) bond motifs is 1. The molecule has 0 saturated heterocycles. The lowest BCUT2D eigenvalue weighted by atomic mass is 10.3. The average Bonchev–Trinajstić information content (AvgIpc) is 2.93. The van der Waals surface area contributed by atoms with Crippen molar-refractivity contribution in [1.82, 2.24) is 19.7 Å². The number of para-hydroxylation sites is 2. The molecule has 2 N–H and O–H groups in total. The van der Waals surface area contributed by atoms with E-state index in [1.165, 1.54) is 6.39 Å². The van der Waals surface area contributed by atoms with Crippen molar-refractivity contribution in [2.45, 2.75) is 13.0 Å². The van der Waals surface area contributed by atoms with Crippen molar-refractivity contribution in [2.24, 2.45) is 0 Å². The number of nitrogen functional groups attached to an aromatic ring is 1. The van der Waals surface area contributed by atoms with Crippen molar-refractivity contribution in [1.29, 1.82) is 0 Å². The SMILES string of the molecule is Nc1nc2ccccc2n1CCc1ncon1. The topological polar surface area (TPSA) is 82.8 Å². The Hall–Kier alpha value is -2.37. The maximum absolute atomic E-state index is 5.88. The van der Waals surface area contributed by atoms with Gasteiger partial charge in [-0.1, -0.05) is 17.3 Å². The highest BCUT2D eigenvalue weighted by Gasteiger charge is 2.08. The Bertz CT molecular complexity index is 628. The van der Waals surface area contributed by atoms with Crippen molar-refractivity contribution in [3.8, 4) is 0 Å². The molecule has 0 atom stereocenters. The largest absolute Gasteiger partial charge is 0.369 e. The van der Waals surface area contributed by atoms with E-state index in [2.05, 4.69) is 19.6 Å². The summed E-state index contributed by atoms with van der Waals surface area (Å²) in [4.78, 5) is 8.26. The van der Waals surface area contributed by atoms with Crippen LogP contribution in [0.25, 0.3) is 11.0 Å². The summed E-state index contributed by atoms with van der Waals surface area (Å²) in [7, 11) is 0. The Morgan fingerprint density at radius 2 is 2.18 bits per heavy atom. The zero-order chi connectivity index (χ0) is 11.7. The summed E-state index contributed by atoms with van der Waals surface area (Å²) in [6, 6.07) is 7.85. The van der Waals surface area contributed by atoms with Gasteiger partial charge in [0.2, 0.25) is 12.3 Å². The first-order chi connectivity index (χ1) is 8.34. The van der Waals surface area contributed by atoms with Crippen LogP contribution in [0.15, 0.2) is 35.2 Å². The molecule has 0 amide bonds. The molecule has 1 aromatic carbocycles. The zero-order valence-corrected chi connectivity index (χ0v) is 9.08. The lowest BCUT2D eigenvalue weighted by Crippen LogP contribution is -2.06. The second-order valence-corrected chi connectivity index (χ2v) is 3.71. The molecular formula is C11H11N5O. The van der Waals surface area contributed by atoms with Crippen molar-refractivity contribution < 1.29 is 4.52 Å². The summed E-state index contributed by atoms with van der Waals surface area (Å²) in [5.74, 6) is 1.18. The molecule has 0 unspecified atom stereocenters. The molecule has 2 aromatic heterocycles. The van der Waals surface area contributed by atoms with Gasteiger partial charge in [-0.3, -0.25) is 0 Å². The third kappa shape index (κ3) is 1.73. The average molecular weight is 229 g/mol. The number of hydrogen-bond donors (Lipinski definition) is 1. The molecule has 0 fully saturated rings. The first kappa shape index (κ1) is 9.83. The van der Waals surface area contributed by atoms with Gasteiger partial charge in [-0.15, -0.1) is 0 Å². The number of rotatable bonds is 3. The molecule has 6 nitrogen and oxygen atoms in total. The van der Waals surface area contributed by atoms with Crippen LogP contribution >= 0.6 is 0 Å². The number of hydrogen-bond acceptors (Lipinski definition) is 5. The van der Waals surface area contributed by atoms with E-state index in [-0.39, 0.29) is 0 Å². The summed E-state index contributed by atoms with van der Waals surface area (Å²) in [5.41, 5.74) is 7.80. The fraction of sp³-hybridized carbons (Fsp3) is 0.182. The molecule has 6 heteroatoms. The maximum atomic E-state index is 5.88. The molecule has 0 aliphatic carbocycles. The zero-order valence-electron chi connectivity index (χ0n) is 9.08. The summed E-state index contributed by atoms with van der Waals surface area (Å²) < 4.78 is 6.63. The first-order valence-electron chi connectivity index (χ1n) is 5.30. The van der Waals surface area contributed by atoms with Crippen molar-refractivity contribution in [3.63, 3.8) is 0 Å². The molecule has 0 aliphatic rings. The first-order valence-corrected chi connectivity index (χ1v) is 5.30. The van der Waals surface area contributed by atoms with Crippen LogP contribution < -0.4 is 5.73 Å². The van der Waals surface area contributed by atoms with Crippen LogP contribution in [-0.2, 0) is 13.0 Å². The van der Waals surface area contributed by atoms with Crippen LogP contribution in [0.1, 0.15) is 5.82 Å². The number of imidazole rings is 1. The van der Waals surface area contributed by atoms with Crippen LogP contribution in [-0.4, -0.2) is 19.7 Å². The van der Waals surface area contributed by atoms with E-state index in [4.69, 9.17) is 5.73 Å². The Kier molecular flexibility index (Phi) is 2.25. The second kappa shape index (κ2) is 3.89. The summed E-state index contributed by atoms with van der Waals surface area (Å²) in [6.45, 7) is 0.686. The molecule has 17 heavy (non-hydrogen) atoms. The van der Waals surface area contributed by atoms with Crippen LogP contribution in [0.2, 0.25) is 0 Å². The second-order valence-electron chi connectivity index (χ2n) is 3.71. The fourth-order valence-electron chi connectivity index (χ4n) is 1.84.